The van der Waals surface area contributed by atoms with Crippen LogP contribution < -0.4 is 0 Å². The van der Waals surface area contributed by atoms with Crippen molar-refractivity contribution in [2.24, 2.45) is 0 Å². The lowest BCUT2D eigenvalue weighted by atomic mass is 10.0. The lowest BCUT2D eigenvalue weighted by Gasteiger charge is -2.16. The van der Waals surface area contributed by atoms with Crippen LogP contribution in [0.3, 0.4) is 0 Å². The number of ketones is 1. The van der Waals surface area contributed by atoms with Crippen LogP contribution in [0.5, 0.6) is 0 Å². The Bertz CT molecular complexity index is 850. The number of hydrogen-bond acceptors (Lipinski definition) is 2. The summed E-state index contributed by atoms with van der Waals surface area (Å²) in [7, 11) is 0. The van der Waals surface area contributed by atoms with E-state index in [1.54, 1.807) is 12.1 Å². The third kappa shape index (κ3) is 4.54. The van der Waals surface area contributed by atoms with Crippen LogP contribution >= 0.6 is 11.8 Å². The third-order valence-corrected chi connectivity index (χ3v) is 4.98. The predicted octanol–water partition coefficient (Wildman–Crippen LogP) is 5.55. The molecule has 25 heavy (non-hydrogen) atoms. The van der Waals surface area contributed by atoms with E-state index in [0.717, 1.165) is 17.7 Å². The molecule has 1 nitrogen and oxygen atoms in total. The highest BCUT2D eigenvalue weighted by atomic mass is 32.2. The van der Waals surface area contributed by atoms with Crippen molar-refractivity contribution in [2.75, 3.05) is 0 Å². The van der Waals surface area contributed by atoms with E-state index in [1.807, 2.05) is 48.5 Å². The van der Waals surface area contributed by atoms with Crippen LogP contribution in [0.25, 0.3) is 0 Å². The molecule has 3 aromatic rings. The minimum Gasteiger partial charge on any atom is -0.293 e. The zero-order valence-corrected chi connectivity index (χ0v) is 14.2. The van der Waals surface area contributed by atoms with Crippen molar-refractivity contribution in [3.63, 3.8) is 0 Å². The molecule has 0 N–H and O–H groups in total. The molecular formula is C21H16F2OS. The van der Waals surface area contributed by atoms with Crippen LogP contribution in [0.15, 0.2) is 83.8 Å². The molecule has 126 valence electrons. The summed E-state index contributed by atoms with van der Waals surface area (Å²) in [6.07, 6.45) is 0.512. The summed E-state index contributed by atoms with van der Waals surface area (Å²) < 4.78 is 26.7. The second-order valence-electron chi connectivity index (χ2n) is 5.60. The largest absolute Gasteiger partial charge is 0.293 e. The van der Waals surface area contributed by atoms with Gasteiger partial charge in [-0.1, -0.05) is 60.7 Å². The average Bonchev–Trinajstić information content (AvgIpc) is 2.65. The number of Topliss-reactive ketones (excluding diaryl/α,β-unsaturated/α-hetero) is 1. The second-order valence-corrected chi connectivity index (χ2v) is 6.88. The Hall–Kier alpha value is -2.46. The number of thioether (sulfide) groups is 1. The number of benzene rings is 3. The molecule has 0 aliphatic carbocycles. The van der Waals surface area contributed by atoms with E-state index in [0.29, 0.717) is 16.9 Å². The molecule has 0 bridgehead atoms. The number of carbonyl (C=O) groups is 1. The monoisotopic (exact) mass is 354 g/mol. The van der Waals surface area contributed by atoms with Gasteiger partial charge in [-0.05, 0) is 30.2 Å². The van der Waals surface area contributed by atoms with Crippen molar-refractivity contribution >= 4 is 17.5 Å². The Balaban J connectivity index is 1.88. The van der Waals surface area contributed by atoms with Crippen molar-refractivity contribution in [2.45, 2.75) is 16.6 Å². The van der Waals surface area contributed by atoms with Crippen molar-refractivity contribution < 1.29 is 13.6 Å². The SMILES string of the molecule is O=C(c1ccccc1)C(Cc1ccccc1)Sc1ccc(F)c(F)c1. The van der Waals surface area contributed by atoms with Crippen molar-refractivity contribution in [1.82, 2.24) is 0 Å². The summed E-state index contributed by atoms with van der Waals surface area (Å²) in [5, 5.41) is -0.422. The first-order valence-corrected chi connectivity index (χ1v) is 8.76. The van der Waals surface area contributed by atoms with Crippen molar-refractivity contribution in [3.05, 3.63) is 102 Å². The van der Waals surface area contributed by atoms with E-state index in [2.05, 4.69) is 0 Å². The minimum atomic E-state index is -0.907. The summed E-state index contributed by atoms with van der Waals surface area (Å²) in [5.41, 5.74) is 1.63. The molecule has 4 heteroatoms. The fourth-order valence-electron chi connectivity index (χ4n) is 2.52. The summed E-state index contributed by atoms with van der Waals surface area (Å²) in [5.74, 6) is -1.83. The number of rotatable bonds is 6. The summed E-state index contributed by atoms with van der Waals surface area (Å²) in [6, 6.07) is 22.4. The normalized spacial score (nSPS) is 11.9. The lowest BCUT2D eigenvalue weighted by molar-refractivity contribution is 0.0989. The van der Waals surface area contributed by atoms with Crippen LogP contribution in [-0.2, 0) is 6.42 Å². The van der Waals surface area contributed by atoms with Crippen molar-refractivity contribution in [1.29, 1.82) is 0 Å². The Kier molecular flexibility index (Phi) is 5.61. The van der Waals surface area contributed by atoms with Gasteiger partial charge in [-0.3, -0.25) is 4.79 Å². The maximum Gasteiger partial charge on any atom is 0.176 e. The van der Waals surface area contributed by atoms with Gasteiger partial charge in [0.2, 0.25) is 0 Å². The highest BCUT2D eigenvalue weighted by molar-refractivity contribution is 8.00. The Morgan fingerprint density at radius 3 is 2.12 bits per heavy atom. The van der Waals surface area contributed by atoms with E-state index in [-0.39, 0.29) is 5.78 Å². The maximum absolute atomic E-state index is 13.5. The Morgan fingerprint density at radius 1 is 0.840 bits per heavy atom. The van der Waals surface area contributed by atoms with Crippen LogP contribution in [0.1, 0.15) is 15.9 Å². The molecule has 1 unspecified atom stereocenters. The summed E-state index contributed by atoms with van der Waals surface area (Å²) in [4.78, 5) is 13.4. The molecule has 0 heterocycles. The van der Waals surface area contributed by atoms with E-state index in [4.69, 9.17) is 0 Å². The maximum atomic E-state index is 13.5. The predicted molar refractivity (Wildman–Crippen MR) is 96.9 cm³/mol. The van der Waals surface area contributed by atoms with Gasteiger partial charge in [0.1, 0.15) is 0 Å². The van der Waals surface area contributed by atoms with E-state index in [1.165, 1.54) is 17.8 Å². The quantitative estimate of drug-likeness (QED) is 0.426. The smallest absolute Gasteiger partial charge is 0.176 e. The molecule has 0 aromatic heterocycles. The topological polar surface area (TPSA) is 17.1 Å². The van der Waals surface area contributed by atoms with Crippen LogP contribution in [0.4, 0.5) is 8.78 Å². The molecule has 1 atom stereocenters. The molecule has 3 aromatic carbocycles. The van der Waals surface area contributed by atoms with Gasteiger partial charge in [0.05, 0.1) is 5.25 Å². The third-order valence-electron chi connectivity index (χ3n) is 3.78. The molecular weight excluding hydrogens is 338 g/mol. The van der Waals surface area contributed by atoms with Crippen LogP contribution in [0, 0.1) is 11.6 Å². The van der Waals surface area contributed by atoms with Gasteiger partial charge in [0.25, 0.3) is 0 Å². The molecule has 0 saturated heterocycles. The lowest BCUT2D eigenvalue weighted by Crippen LogP contribution is -2.20. The molecule has 0 saturated carbocycles. The Morgan fingerprint density at radius 2 is 1.48 bits per heavy atom. The Labute approximate surface area is 149 Å². The second kappa shape index (κ2) is 8.08. The van der Waals surface area contributed by atoms with Gasteiger partial charge in [0, 0.05) is 10.5 Å². The molecule has 0 aliphatic rings. The van der Waals surface area contributed by atoms with Gasteiger partial charge < -0.3 is 0 Å². The number of carbonyl (C=O) groups excluding carboxylic acids is 1. The van der Waals surface area contributed by atoms with Gasteiger partial charge >= 0.3 is 0 Å². The molecule has 3 rings (SSSR count). The molecule has 0 radical (unpaired) electrons. The summed E-state index contributed by atoms with van der Waals surface area (Å²) >= 11 is 1.25. The summed E-state index contributed by atoms with van der Waals surface area (Å²) in [6.45, 7) is 0. The highest BCUT2D eigenvalue weighted by Crippen LogP contribution is 2.29. The number of halogens is 2. The number of hydrogen-bond donors (Lipinski definition) is 0. The minimum absolute atomic E-state index is 0.0285. The fourth-order valence-corrected chi connectivity index (χ4v) is 3.68. The molecule has 0 fully saturated rings. The zero-order valence-electron chi connectivity index (χ0n) is 13.4. The first-order chi connectivity index (χ1) is 12.1. The highest BCUT2D eigenvalue weighted by Gasteiger charge is 2.22. The van der Waals surface area contributed by atoms with Crippen LogP contribution in [-0.4, -0.2) is 11.0 Å². The van der Waals surface area contributed by atoms with Crippen molar-refractivity contribution in [3.8, 4) is 0 Å². The zero-order chi connectivity index (χ0) is 17.6. The average molecular weight is 354 g/mol. The van der Waals surface area contributed by atoms with Gasteiger partial charge in [-0.25, -0.2) is 8.78 Å². The van der Waals surface area contributed by atoms with E-state index in [9.17, 15) is 13.6 Å². The van der Waals surface area contributed by atoms with E-state index >= 15 is 0 Å². The van der Waals surface area contributed by atoms with E-state index < -0.39 is 16.9 Å². The molecule has 0 aliphatic heterocycles. The molecule has 0 spiro atoms. The fraction of sp³-hybridized carbons (Fsp3) is 0.0952. The van der Waals surface area contributed by atoms with Gasteiger partial charge in [-0.15, -0.1) is 11.8 Å². The van der Waals surface area contributed by atoms with Gasteiger partial charge in [0.15, 0.2) is 17.4 Å². The van der Waals surface area contributed by atoms with Gasteiger partial charge in [-0.2, -0.15) is 0 Å². The van der Waals surface area contributed by atoms with Crippen LogP contribution in [0.2, 0.25) is 0 Å². The standard InChI is InChI=1S/C21H16F2OS/c22-18-12-11-17(14-19(18)23)25-20(13-15-7-3-1-4-8-15)21(24)16-9-5-2-6-10-16/h1-12,14,20H,13H2. The molecule has 0 amide bonds. The first-order valence-electron chi connectivity index (χ1n) is 7.88. The first kappa shape index (κ1) is 17.4.